The summed E-state index contributed by atoms with van der Waals surface area (Å²) < 4.78 is 34.8. The lowest BCUT2D eigenvalue weighted by atomic mass is 10.1. The fourth-order valence-electron chi connectivity index (χ4n) is 2.29. The van der Waals surface area contributed by atoms with E-state index in [0.29, 0.717) is 16.3 Å². The number of fused-ring (bicyclic) bond motifs is 1. The van der Waals surface area contributed by atoms with E-state index in [2.05, 4.69) is 9.72 Å². The van der Waals surface area contributed by atoms with Crippen LogP contribution in [-0.2, 0) is 4.74 Å². The maximum absolute atomic E-state index is 12.3. The molecule has 2 N–H and O–H groups in total. The number of nitrogens with two attached hydrogens (primary N) is 1. The molecule has 0 aliphatic carbocycles. The van der Waals surface area contributed by atoms with E-state index < -0.39 is 18.7 Å². The Morgan fingerprint density at radius 3 is 2.60 bits per heavy atom. The number of nitrogens with zero attached hydrogens (tertiary/aromatic N) is 1. The molecule has 130 valence electrons. The lowest BCUT2D eigenvalue weighted by Crippen LogP contribution is -2.09. The van der Waals surface area contributed by atoms with Gasteiger partial charge in [-0.25, -0.2) is 9.78 Å². The van der Waals surface area contributed by atoms with Gasteiger partial charge in [-0.3, -0.25) is 0 Å². The number of halogens is 2. The number of nitrogen functional groups attached to an aromatic ring is 1. The molecule has 0 bridgehead atoms. The van der Waals surface area contributed by atoms with Gasteiger partial charge in [0.05, 0.1) is 15.8 Å². The van der Waals surface area contributed by atoms with Crippen LogP contribution in [0, 0.1) is 0 Å². The number of alkyl halides is 2. The molecule has 3 rings (SSSR count). The molecule has 8 heteroatoms. The maximum Gasteiger partial charge on any atom is 0.387 e. The summed E-state index contributed by atoms with van der Waals surface area (Å²) in [6.07, 6.45) is -0.546. The molecule has 0 amide bonds. The van der Waals surface area contributed by atoms with E-state index in [0.717, 1.165) is 10.2 Å². The van der Waals surface area contributed by atoms with Crippen LogP contribution < -0.4 is 10.5 Å². The SMILES string of the molecule is CC(OC(=O)c1ccc2nc(N)sc2c1)c1ccc(OC(F)F)cc1. The number of anilines is 1. The summed E-state index contributed by atoms with van der Waals surface area (Å²) >= 11 is 1.29. The minimum absolute atomic E-state index is 0.0468. The molecule has 5 nitrogen and oxygen atoms in total. The number of carbonyl (C=O) groups is 1. The van der Waals surface area contributed by atoms with E-state index in [9.17, 15) is 13.6 Å². The molecular weight excluding hydrogens is 350 g/mol. The van der Waals surface area contributed by atoms with E-state index in [1.807, 2.05) is 0 Å². The summed E-state index contributed by atoms with van der Waals surface area (Å²) in [6, 6.07) is 11.0. The van der Waals surface area contributed by atoms with Gasteiger partial charge in [0.25, 0.3) is 0 Å². The van der Waals surface area contributed by atoms with Crippen molar-refractivity contribution < 1.29 is 23.0 Å². The Hall–Kier alpha value is -2.74. The van der Waals surface area contributed by atoms with Gasteiger partial charge in [-0.2, -0.15) is 8.78 Å². The van der Waals surface area contributed by atoms with Crippen LogP contribution in [0.1, 0.15) is 28.9 Å². The second-order valence-corrected chi connectivity index (χ2v) is 6.29. The third-order valence-electron chi connectivity index (χ3n) is 3.50. The van der Waals surface area contributed by atoms with Crippen molar-refractivity contribution in [3.63, 3.8) is 0 Å². The van der Waals surface area contributed by atoms with Crippen LogP contribution in [0.4, 0.5) is 13.9 Å². The predicted octanol–water partition coefficient (Wildman–Crippen LogP) is 4.40. The van der Waals surface area contributed by atoms with E-state index in [1.165, 1.54) is 23.5 Å². The quantitative estimate of drug-likeness (QED) is 0.679. The molecule has 3 aromatic rings. The second-order valence-electron chi connectivity index (χ2n) is 5.23. The van der Waals surface area contributed by atoms with E-state index in [1.54, 1.807) is 37.3 Å². The molecule has 25 heavy (non-hydrogen) atoms. The van der Waals surface area contributed by atoms with E-state index >= 15 is 0 Å². The number of hydrogen-bond donors (Lipinski definition) is 1. The van der Waals surface area contributed by atoms with Crippen LogP contribution in [0.15, 0.2) is 42.5 Å². The molecule has 1 atom stereocenters. The molecule has 0 aliphatic rings. The van der Waals surface area contributed by atoms with Gasteiger partial charge >= 0.3 is 12.6 Å². The molecule has 1 heterocycles. The standard InChI is InChI=1S/C17H14F2N2O3S/c1-9(10-2-5-12(6-3-10)24-16(18)19)23-15(22)11-4-7-13-14(8-11)25-17(20)21-13/h2-9,16H,1H3,(H2,20,21). The van der Waals surface area contributed by atoms with Crippen molar-refractivity contribution in [3.8, 4) is 5.75 Å². The van der Waals surface area contributed by atoms with Crippen molar-refractivity contribution in [1.29, 1.82) is 0 Å². The highest BCUT2D eigenvalue weighted by Gasteiger charge is 2.15. The first-order valence-corrected chi connectivity index (χ1v) is 8.16. The minimum Gasteiger partial charge on any atom is -0.454 e. The van der Waals surface area contributed by atoms with Gasteiger partial charge in [0.15, 0.2) is 5.13 Å². The average molecular weight is 364 g/mol. The molecule has 0 radical (unpaired) electrons. The van der Waals surface area contributed by atoms with Crippen LogP contribution in [0.5, 0.6) is 5.75 Å². The van der Waals surface area contributed by atoms with Gasteiger partial charge in [0.1, 0.15) is 11.9 Å². The summed E-state index contributed by atoms with van der Waals surface area (Å²) in [5.74, 6) is -0.445. The highest BCUT2D eigenvalue weighted by molar-refractivity contribution is 7.22. The van der Waals surface area contributed by atoms with Crippen molar-refractivity contribution in [2.24, 2.45) is 0 Å². The summed E-state index contributed by atoms with van der Waals surface area (Å²) in [5, 5.41) is 0.431. The van der Waals surface area contributed by atoms with E-state index in [-0.39, 0.29) is 5.75 Å². The molecule has 2 aromatic carbocycles. The average Bonchev–Trinajstić information content (AvgIpc) is 2.93. The zero-order valence-electron chi connectivity index (χ0n) is 13.1. The highest BCUT2D eigenvalue weighted by Crippen LogP contribution is 2.26. The molecule has 0 saturated heterocycles. The van der Waals surface area contributed by atoms with Crippen molar-refractivity contribution in [2.75, 3.05) is 5.73 Å². The van der Waals surface area contributed by atoms with Crippen molar-refractivity contribution in [1.82, 2.24) is 4.98 Å². The van der Waals surface area contributed by atoms with Gasteiger partial charge in [-0.1, -0.05) is 23.5 Å². The van der Waals surface area contributed by atoms with Crippen molar-refractivity contribution in [2.45, 2.75) is 19.6 Å². The van der Waals surface area contributed by atoms with Gasteiger partial charge < -0.3 is 15.2 Å². The Bertz CT molecular complexity index is 897. The number of thiazole rings is 1. The van der Waals surface area contributed by atoms with Crippen LogP contribution in [0.2, 0.25) is 0 Å². The van der Waals surface area contributed by atoms with E-state index in [4.69, 9.17) is 10.5 Å². The van der Waals surface area contributed by atoms with Gasteiger partial charge in [-0.05, 0) is 42.8 Å². The zero-order valence-corrected chi connectivity index (χ0v) is 13.9. The molecule has 1 unspecified atom stereocenters. The fraction of sp³-hybridized carbons (Fsp3) is 0.176. The summed E-state index contributed by atoms with van der Waals surface area (Å²) in [7, 11) is 0. The van der Waals surface area contributed by atoms with Gasteiger partial charge in [-0.15, -0.1) is 0 Å². The van der Waals surface area contributed by atoms with Gasteiger partial charge in [0, 0.05) is 0 Å². The molecule has 0 saturated carbocycles. The van der Waals surface area contributed by atoms with Crippen molar-refractivity contribution >= 4 is 32.7 Å². The van der Waals surface area contributed by atoms with Crippen molar-refractivity contribution in [3.05, 3.63) is 53.6 Å². The maximum atomic E-state index is 12.3. The zero-order chi connectivity index (χ0) is 18.0. The number of aromatic nitrogens is 1. The Labute approximate surface area is 146 Å². The summed E-state index contributed by atoms with van der Waals surface area (Å²) in [5.41, 5.74) is 7.43. The molecule has 1 aromatic heterocycles. The molecule has 0 fully saturated rings. The predicted molar refractivity (Wildman–Crippen MR) is 90.9 cm³/mol. The topological polar surface area (TPSA) is 74.4 Å². The van der Waals surface area contributed by atoms with Crippen LogP contribution in [0.25, 0.3) is 10.2 Å². The Morgan fingerprint density at radius 1 is 1.20 bits per heavy atom. The number of ether oxygens (including phenoxy) is 2. The number of carbonyl (C=O) groups excluding carboxylic acids is 1. The fourth-order valence-corrected chi connectivity index (χ4v) is 3.06. The summed E-state index contributed by atoms with van der Waals surface area (Å²) in [4.78, 5) is 16.4. The molecule has 0 spiro atoms. The molecule has 0 aliphatic heterocycles. The first-order valence-electron chi connectivity index (χ1n) is 7.34. The van der Waals surface area contributed by atoms with Crippen LogP contribution in [-0.4, -0.2) is 17.6 Å². The monoisotopic (exact) mass is 364 g/mol. The van der Waals surface area contributed by atoms with Crippen LogP contribution in [0.3, 0.4) is 0 Å². The minimum atomic E-state index is -2.88. The number of rotatable bonds is 5. The Kier molecular flexibility index (Phi) is 4.80. The lowest BCUT2D eigenvalue weighted by Gasteiger charge is -2.14. The Balaban J connectivity index is 1.70. The second kappa shape index (κ2) is 7.02. The first kappa shape index (κ1) is 17.1. The normalized spacial score (nSPS) is 12.3. The largest absolute Gasteiger partial charge is 0.454 e. The number of hydrogen-bond acceptors (Lipinski definition) is 6. The molecular formula is C17H14F2N2O3S. The van der Waals surface area contributed by atoms with Crippen LogP contribution >= 0.6 is 11.3 Å². The smallest absolute Gasteiger partial charge is 0.387 e. The Morgan fingerprint density at radius 2 is 1.92 bits per heavy atom. The third-order valence-corrected chi connectivity index (χ3v) is 4.35. The lowest BCUT2D eigenvalue weighted by molar-refractivity contribution is -0.0498. The van der Waals surface area contributed by atoms with Gasteiger partial charge in [0.2, 0.25) is 0 Å². The highest BCUT2D eigenvalue weighted by atomic mass is 32.1. The summed E-state index contributed by atoms with van der Waals surface area (Å²) in [6.45, 7) is -1.18. The third kappa shape index (κ3) is 4.03. The number of esters is 1. The number of benzene rings is 2. The first-order chi connectivity index (χ1) is 11.9.